The zero-order valence-electron chi connectivity index (χ0n) is 7.37. The van der Waals surface area contributed by atoms with Gasteiger partial charge in [-0.3, -0.25) is 9.59 Å². The average Bonchev–Trinajstić information content (AvgIpc) is 2.64. The molecule has 0 saturated heterocycles. The van der Waals surface area contributed by atoms with Gasteiger partial charge < -0.3 is 5.73 Å². The SMILES string of the molecule is CCC(=O)c1ccc(C(=O)CN)s1. The van der Waals surface area contributed by atoms with Crippen molar-refractivity contribution in [1.29, 1.82) is 0 Å². The maximum Gasteiger partial charge on any atom is 0.186 e. The lowest BCUT2D eigenvalue weighted by Crippen LogP contribution is -2.11. The number of carbonyl (C=O) groups is 2. The van der Waals surface area contributed by atoms with Crippen molar-refractivity contribution in [2.24, 2.45) is 5.73 Å². The maximum absolute atomic E-state index is 11.2. The first-order valence-electron chi connectivity index (χ1n) is 4.05. The van der Waals surface area contributed by atoms with Crippen molar-refractivity contribution >= 4 is 22.9 Å². The Morgan fingerprint density at radius 1 is 1.31 bits per heavy atom. The molecule has 70 valence electrons. The topological polar surface area (TPSA) is 60.2 Å². The van der Waals surface area contributed by atoms with Gasteiger partial charge in [-0.2, -0.15) is 0 Å². The standard InChI is InChI=1S/C9H11NO2S/c1-2-6(11)8-3-4-9(13-8)7(12)5-10/h3-4H,2,5,10H2,1H3. The fourth-order valence-corrected chi connectivity index (χ4v) is 1.88. The van der Waals surface area contributed by atoms with Crippen molar-refractivity contribution in [3.05, 3.63) is 21.9 Å². The second-order valence-corrected chi connectivity index (χ2v) is 3.65. The lowest BCUT2D eigenvalue weighted by atomic mass is 10.2. The van der Waals surface area contributed by atoms with Gasteiger partial charge in [-0.1, -0.05) is 6.92 Å². The minimum absolute atomic E-state index is 0.000267. The third-order valence-corrected chi connectivity index (χ3v) is 2.83. The predicted molar refractivity (Wildman–Crippen MR) is 52.3 cm³/mol. The molecule has 1 aromatic rings. The van der Waals surface area contributed by atoms with Crippen molar-refractivity contribution in [1.82, 2.24) is 0 Å². The number of ketones is 2. The highest BCUT2D eigenvalue weighted by atomic mass is 32.1. The molecular weight excluding hydrogens is 186 g/mol. The molecule has 2 N–H and O–H groups in total. The smallest absolute Gasteiger partial charge is 0.186 e. The lowest BCUT2D eigenvalue weighted by Gasteiger charge is -1.90. The Balaban J connectivity index is 2.86. The fourth-order valence-electron chi connectivity index (χ4n) is 0.912. The van der Waals surface area contributed by atoms with Crippen LogP contribution in [0.2, 0.25) is 0 Å². The molecule has 0 aliphatic rings. The van der Waals surface area contributed by atoms with Crippen LogP contribution in [0.25, 0.3) is 0 Å². The van der Waals surface area contributed by atoms with Crippen LogP contribution in [0.3, 0.4) is 0 Å². The zero-order chi connectivity index (χ0) is 9.84. The first-order valence-corrected chi connectivity index (χ1v) is 4.87. The maximum atomic E-state index is 11.2. The first kappa shape index (κ1) is 10.1. The number of hydrogen-bond donors (Lipinski definition) is 1. The van der Waals surface area contributed by atoms with Gasteiger partial charge in [-0.05, 0) is 12.1 Å². The van der Waals surface area contributed by atoms with Gasteiger partial charge in [0.15, 0.2) is 11.6 Å². The molecule has 0 atom stereocenters. The number of nitrogens with two attached hydrogens (primary N) is 1. The molecule has 0 unspecified atom stereocenters. The van der Waals surface area contributed by atoms with Gasteiger partial charge in [0.05, 0.1) is 16.3 Å². The summed E-state index contributed by atoms with van der Waals surface area (Å²) in [6.07, 6.45) is 0.469. The molecule has 0 aliphatic heterocycles. The van der Waals surface area contributed by atoms with Crippen LogP contribution < -0.4 is 5.73 Å². The lowest BCUT2D eigenvalue weighted by molar-refractivity contribution is 0.0989. The van der Waals surface area contributed by atoms with Crippen molar-refractivity contribution < 1.29 is 9.59 Å². The summed E-state index contributed by atoms with van der Waals surface area (Å²) in [5, 5.41) is 0. The van der Waals surface area contributed by atoms with E-state index in [1.807, 2.05) is 0 Å². The Hall–Kier alpha value is -1.00. The van der Waals surface area contributed by atoms with Gasteiger partial charge in [0.2, 0.25) is 0 Å². The fraction of sp³-hybridized carbons (Fsp3) is 0.333. The number of thiophene rings is 1. The van der Waals surface area contributed by atoms with Gasteiger partial charge >= 0.3 is 0 Å². The highest BCUT2D eigenvalue weighted by Crippen LogP contribution is 2.18. The summed E-state index contributed by atoms with van der Waals surface area (Å²) in [6.45, 7) is 1.80. The van der Waals surface area contributed by atoms with Crippen molar-refractivity contribution in [3.8, 4) is 0 Å². The Morgan fingerprint density at radius 3 is 2.31 bits per heavy atom. The molecule has 0 fully saturated rings. The molecule has 0 spiro atoms. The average molecular weight is 197 g/mol. The van der Waals surface area contributed by atoms with Crippen molar-refractivity contribution in [2.45, 2.75) is 13.3 Å². The van der Waals surface area contributed by atoms with E-state index >= 15 is 0 Å². The van der Waals surface area contributed by atoms with E-state index in [0.717, 1.165) is 0 Å². The Labute approximate surface area is 80.6 Å². The van der Waals surface area contributed by atoms with E-state index in [1.165, 1.54) is 11.3 Å². The second kappa shape index (κ2) is 4.30. The van der Waals surface area contributed by atoms with Crippen LogP contribution in [0.5, 0.6) is 0 Å². The van der Waals surface area contributed by atoms with E-state index in [1.54, 1.807) is 19.1 Å². The molecule has 0 amide bonds. The van der Waals surface area contributed by atoms with Crippen LogP contribution in [0.1, 0.15) is 32.7 Å². The monoisotopic (exact) mass is 197 g/mol. The number of hydrogen-bond acceptors (Lipinski definition) is 4. The van der Waals surface area contributed by atoms with Crippen LogP contribution >= 0.6 is 11.3 Å². The van der Waals surface area contributed by atoms with Gasteiger partial charge in [0.1, 0.15) is 0 Å². The largest absolute Gasteiger partial charge is 0.324 e. The molecule has 0 saturated carbocycles. The summed E-state index contributed by atoms with van der Waals surface area (Å²) in [5.74, 6) is -0.0405. The van der Waals surface area contributed by atoms with E-state index < -0.39 is 0 Å². The molecule has 1 rings (SSSR count). The van der Waals surface area contributed by atoms with Crippen LogP contribution in [0, 0.1) is 0 Å². The molecule has 0 aromatic carbocycles. The van der Waals surface area contributed by atoms with Gasteiger partial charge in [-0.25, -0.2) is 0 Å². The highest BCUT2D eigenvalue weighted by Gasteiger charge is 2.10. The van der Waals surface area contributed by atoms with Crippen molar-refractivity contribution in [2.75, 3.05) is 6.54 Å². The number of rotatable bonds is 4. The third-order valence-electron chi connectivity index (χ3n) is 1.66. The zero-order valence-corrected chi connectivity index (χ0v) is 8.19. The second-order valence-electron chi connectivity index (χ2n) is 2.57. The van der Waals surface area contributed by atoms with E-state index in [-0.39, 0.29) is 18.1 Å². The number of carbonyl (C=O) groups excluding carboxylic acids is 2. The molecule has 3 nitrogen and oxygen atoms in total. The van der Waals surface area contributed by atoms with Gasteiger partial charge in [0, 0.05) is 6.42 Å². The van der Waals surface area contributed by atoms with Gasteiger partial charge in [0.25, 0.3) is 0 Å². The molecule has 1 aromatic heterocycles. The minimum atomic E-state index is -0.111. The molecule has 0 radical (unpaired) electrons. The van der Waals surface area contributed by atoms with E-state index in [4.69, 9.17) is 5.73 Å². The molecule has 13 heavy (non-hydrogen) atoms. The first-order chi connectivity index (χ1) is 6.19. The minimum Gasteiger partial charge on any atom is -0.324 e. The predicted octanol–water partition coefficient (Wildman–Crippen LogP) is 1.48. The normalized spacial score (nSPS) is 10.0. The summed E-state index contributed by atoms with van der Waals surface area (Å²) in [4.78, 5) is 23.5. The van der Waals surface area contributed by atoms with E-state index in [2.05, 4.69) is 0 Å². The van der Waals surface area contributed by atoms with Crippen LogP contribution in [0.4, 0.5) is 0 Å². The highest BCUT2D eigenvalue weighted by molar-refractivity contribution is 7.16. The Bertz CT molecular complexity index is 300. The summed E-state index contributed by atoms with van der Waals surface area (Å²) < 4.78 is 0. The third kappa shape index (κ3) is 2.23. The van der Waals surface area contributed by atoms with Crippen LogP contribution in [-0.2, 0) is 0 Å². The van der Waals surface area contributed by atoms with Crippen LogP contribution in [0.15, 0.2) is 12.1 Å². The van der Waals surface area contributed by atoms with Crippen LogP contribution in [-0.4, -0.2) is 18.1 Å². The van der Waals surface area contributed by atoms with Crippen molar-refractivity contribution in [3.63, 3.8) is 0 Å². The Kier molecular flexibility index (Phi) is 3.33. The quantitative estimate of drug-likeness (QED) is 0.744. The van der Waals surface area contributed by atoms with E-state index in [0.29, 0.717) is 16.2 Å². The summed E-state index contributed by atoms with van der Waals surface area (Å²) in [6, 6.07) is 3.34. The van der Waals surface area contributed by atoms with Gasteiger partial charge in [-0.15, -0.1) is 11.3 Å². The summed E-state index contributed by atoms with van der Waals surface area (Å²) >= 11 is 1.22. The molecule has 4 heteroatoms. The number of Topliss-reactive ketones (excluding diaryl/α,β-unsaturated/α-hetero) is 2. The summed E-state index contributed by atoms with van der Waals surface area (Å²) in [7, 11) is 0. The molecule has 1 heterocycles. The molecular formula is C9H11NO2S. The summed E-state index contributed by atoms with van der Waals surface area (Å²) in [5.41, 5.74) is 5.19. The molecule has 0 bridgehead atoms. The molecule has 0 aliphatic carbocycles. The Morgan fingerprint density at radius 2 is 1.85 bits per heavy atom. The van der Waals surface area contributed by atoms with E-state index in [9.17, 15) is 9.59 Å².